The van der Waals surface area contributed by atoms with E-state index in [1.807, 2.05) is 0 Å². The Balaban J connectivity index is 2.34. The molecule has 1 atom stereocenters. The number of fused-ring (bicyclic) bond motifs is 1. The van der Waals surface area contributed by atoms with E-state index in [2.05, 4.69) is 5.32 Å². The summed E-state index contributed by atoms with van der Waals surface area (Å²) in [5.74, 6) is -0.841. The lowest BCUT2D eigenvalue weighted by Crippen LogP contribution is -2.41. The lowest BCUT2D eigenvalue weighted by atomic mass is 9.96. The molecule has 0 amide bonds. The van der Waals surface area contributed by atoms with Gasteiger partial charge in [0.05, 0.1) is 10.0 Å². The van der Waals surface area contributed by atoms with Gasteiger partial charge in [-0.1, -0.05) is 23.2 Å². The molecule has 1 aliphatic rings. The van der Waals surface area contributed by atoms with Gasteiger partial charge in [0.15, 0.2) is 0 Å². The van der Waals surface area contributed by atoms with Crippen molar-refractivity contribution in [2.24, 2.45) is 0 Å². The molecule has 2 N–H and O–H groups in total. The van der Waals surface area contributed by atoms with Gasteiger partial charge in [0.2, 0.25) is 0 Å². The highest BCUT2D eigenvalue weighted by atomic mass is 35.5. The molecule has 1 aromatic carbocycles. The van der Waals surface area contributed by atoms with Gasteiger partial charge in [-0.15, -0.1) is 0 Å². The van der Waals surface area contributed by atoms with Crippen LogP contribution in [0.5, 0.6) is 0 Å². The van der Waals surface area contributed by atoms with Crippen LogP contribution in [0.2, 0.25) is 10.0 Å². The number of nitrogens with one attached hydrogen (secondary N) is 1. The quantitative estimate of drug-likeness (QED) is 0.797. The van der Waals surface area contributed by atoms with Crippen LogP contribution in [0.15, 0.2) is 12.1 Å². The van der Waals surface area contributed by atoms with Gasteiger partial charge >= 0.3 is 5.97 Å². The van der Waals surface area contributed by atoms with E-state index in [0.29, 0.717) is 23.0 Å². The second kappa shape index (κ2) is 4.00. The standard InChI is InChI=1S/C10H9Cl2NO2/c11-7-1-5-3-9(10(14)15)13-4-6(5)2-8(7)12/h1-2,9,13H,3-4H2,(H,14,15)/t9-/m1/s1. The summed E-state index contributed by atoms with van der Waals surface area (Å²) in [5.41, 5.74) is 1.97. The Morgan fingerprint density at radius 2 is 1.93 bits per heavy atom. The van der Waals surface area contributed by atoms with E-state index in [0.717, 1.165) is 11.1 Å². The van der Waals surface area contributed by atoms with Crippen LogP contribution in [0.25, 0.3) is 0 Å². The smallest absolute Gasteiger partial charge is 0.321 e. The third-order valence-electron chi connectivity index (χ3n) is 2.50. The predicted molar refractivity (Wildman–Crippen MR) is 58.4 cm³/mol. The summed E-state index contributed by atoms with van der Waals surface area (Å²) in [6.45, 7) is 0.517. The second-order valence-electron chi connectivity index (χ2n) is 3.51. The van der Waals surface area contributed by atoms with Gasteiger partial charge in [-0.2, -0.15) is 0 Å². The Kier molecular flexibility index (Phi) is 2.87. The first-order valence-corrected chi connectivity index (χ1v) is 5.26. The van der Waals surface area contributed by atoms with Crippen molar-refractivity contribution in [1.82, 2.24) is 5.32 Å². The molecule has 2 rings (SSSR count). The highest BCUT2D eigenvalue weighted by Crippen LogP contribution is 2.28. The molecule has 1 aromatic rings. The van der Waals surface area contributed by atoms with Gasteiger partial charge in [-0.25, -0.2) is 0 Å². The number of carboxylic acid groups (broad SMARTS) is 1. The average molecular weight is 246 g/mol. The molecule has 15 heavy (non-hydrogen) atoms. The molecule has 0 aliphatic carbocycles. The fourth-order valence-corrected chi connectivity index (χ4v) is 2.06. The molecule has 0 radical (unpaired) electrons. The van der Waals surface area contributed by atoms with Crippen LogP contribution in [-0.2, 0) is 17.8 Å². The monoisotopic (exact) mass is 245 g/mol. The van der Waals surface area contributed by atoms with Gasteiger partial charge in [-0.05, 0) is 29.7 Å². The van der Waals surface area contributed by atoms with Crippen LogP contribution in [0.4, 0.5) is 0 Å². The molecular formula is C10H9Cl2NO2. The van der Waals surface area contributed by atoms with Gasteiger partial charge in [0, 0.05) is 6.54 Å². The zero-order valence-corrected chi connectivity index (χ0v) is 9.27. The molecule has 1 aliphatic heterocycles. The van der Waals surface area contributed by atoms with Crippen molar-refractivity contribution in [3.8, 4) is 0 Å². The third kappa shape index (κ3) is 2.09. The second-order valence-corrected chi connectivity index (χ2v) is 4.33. The molecule has 0 saturated carbocycles. The van der Waals surface area contributed by atoms with E-state index in [1.54, 1.807) is 12.1 Å². The minimum absolute atomic E-state index is 0.446. The van der Waals surface area contributed by atoms with Crippen LogP contribution in [-0.4, -0.2) is 17.1 Å². The van der Waals surface area contributed by atoms with Crippen molar-refractivity contribution in [2.75, 3.05) is 0 Å². The molecule has 80 valence electrons. The Morgan fingerprint density at radius 3 is 2.53 bits per heavy atom. The van der Waals surface area contributed by atoms with Crippen LogP contribution in [0.3, 0.4) is 0 Å². The molecule has 5 heteroatoms. The highest BCUT2D eigenvalue weighted by molar-refractivity contribution is 6.42. The van der Waals surface area contributed by atoms with Gasteiger partial charge in [0.1, 0.15) is 6.04 Å². The first-order valence-electron chi connectivity index (χ1n) is 4.51. The van der Waals surface area contributed by atoms with Crippen molar-refractivity contribution in [3.63, 3.8) is 0 Å². The fraction of sp³-hybridized carbons (Fsp3) is 0.300. The summed E-state index contributed by atoms with van der Waals surface area (Å²) < 4.78 is 0. The zero-order chi connectivity index (χ0) is 11.0. The number of benzene rings is 1. The average Bonchev–Trinajstić information content (AvgIpc) is 2.19. The summed E-state index contributed by atoms with van der Waals surface area (Å²) in [7, 11) is 0. The minimum Gasteiger partial charge on any atom is -0.480 e. The number of carbonyl (C=O) groups is 1. The molecule has 3 nitrogen and oxygen atoms in total. The summed E-state index contributed by atoms with van der Waals surface area (Å²) >= 11 is 11.7. The maximum Gasteiger partial charge on any atom is 0.321 e. The van der Waals surface area contributed by atoms with E-state index in [1.165, 1.54) is 0 Å². The van der Waals surface area contributed by atoms with Crippen LogP contribution < -0.4 is 5.32 Å². The Hall–Kier alpha value is -0.770. The first kappa shape index (κ1) is 10.7. The van der Waals surface area contributed by atoms with Crippen molar-refractivity contribution < 1.29 is 9.90 Å². The van der Waals surface area contributed by atoms with Gasteiger partial charge in [0.25, 0.3) is 0 Å². The van der Waals surface area contributed by atoms with Crippen molar-refractivity contribution >= 4 is 29.2 Å². The minimum atomic E-state index is -0.841. The van der Waals surface area contributed by atoms with Crippen LogP contribution >= 0.6 is 23.2 Å². The Morgan fingerprint density at radius 1 is 1.33 bits per heavy atom. The summed E-state index contributed by atoms with van der Waals surface area (Å²) in [5, 5.41) is 12.8. The first-order chi connectivity index (χ1) is 7.08. The molecule has 0 bridgehead atoms. The molecule has 0 spiro atoms. The van der Waals surface area contributed by atoms with Gasteiger partial charge in [-0.3, -0.25) is 4.79 Å². The van der Waals surface area contributed by atoms with E-state index in [9.17, 15) is 4.79 Å². The Bertz CT molecular complexity index is 420. The molecule has 0 fully saturated rings. The zero-order valence-electron chi connectivity index (χ0n) is 7.76. The van der Waals surface area contributed by atoms with Crippen molar-refractivity contribution in [3.05, 3.63) is 33.3 Å². The molecule has 0 unspecified atom stereocenters. The SMILES string of the molecule is O=C(O)[C@H]1Cc2cc(Cl)c(Cl)cc2CN1. The fourth-order valence-electron chi connectivity index (χ4n) is 1.68. The largest absolute Gasteiger partial charge is 0.480 e. The van der Waals surface area contributed by atoms with Crippen LogP contribution in [0, 0.1) is 0 Å². The number of rotatable bonds is 1. The number of carboxylic acids is 1. The maximum atomic E-state index is 10.8. The number of halogens is 2. The normalized spacial score (nSPS) is 19.7. The van der Waals surface area contributed by atoms with E-state index in [-0.39, 0.29) is 0 Å². The summed E-state index contributed by atoms with van der Waals surface area (Å²) in [4.78, 5) is 10.8. The summed E-state index contributed by atoms with van der Waals surface area (Å²) in [6.07, 6.45) is 0.446. The molecule has 1 heterocycles. The maximum absolute atomic E-state index is 10.8. The van der Waals surface area contributed by atoms with Gasteiger partial charge < -0.3 is 10.4 Å². The number of hydrogen-bond donors (Lipinski definition) is 2. The third-order valence-corrected chi connectivity index (χ3v) is 3.23. The lowest BCUT2D eigenvalue weighted by Gasteiger charge is -2.23. The molecule has 0 aromatic heterocycles. The highest BCUT2D eigenvalue weighted by Gasteiger charge is 2.24. The Labute approximate surface area is 97.0 Å². The van der Waals surface area contributed by atoms with Crippen LogP contribution in [0.1, 0.15) is 11.1 Å². The number of hydrogen-bond acceptors (Lipinski definition) is 2. The van der Waals surface area contributed by atoms with E-state index >= 15 is 0 Å². The summed E-state index contributed by atoms with van der Waals surface area (Å²) in [6, 6.07) is 3.00. The topological polar surface area (TPSA) is 49.3 Å². The van der Waals surface area contributed by atoms with Crippen molar-refractivity contribution in [2.45, 2.75) is 19.0 Å². The molecular weight excluding hydrogens is 237 g/mol. The molecule has 0 saturated heterocycles. The lowest BCUT2D eigenvalue weighted by molar-refractivity contribution is -0.139. The number of aliphatic carboxylic acids is 1. The van der Waals surface area contributed by atoms with E-state index in [4.69, 9.17) is 28.3 Å². The van der Waals surface area contributed by atoms with Crippen molar-refractivity contribution in [1.29, 1.82) is 0 Å². The van der Waals surface area contributed by atoms with E-state index < -0.39 is 12.0 Å². The predicted octanol–water partition coefficient (Wildman–Crippen LogP) is 2.09.